The summed E-state index contributed by atoms with van der Waals surface area (Å²) in [5, 5.41) is 12.9. The molecule has 1 atom stereocenters. The van der Waals surface area contributed by atoms with Gasteiger partial charge in [0.25, 0.3) is 0 Å². The van der Waals surface area contributed by atoms with Crippen LogP contribution in [0.25, 0.3) is 5.69 Å². The van der Waals surface area contributed by atoms with E-state index >= 15 is 0 Å². The molecule has 2 rings (SSSR count). The number of carboxylic acid groups (broad SMARTS) is 1. The lowest BCUT2D eigenvalue weighted by atomic mass is 10.0. The van der Waals surface area contributed by atoms with E-state index in [0.717, 1.165) is 11.3 Å². The number of aromatic nitrogens is 2. The first-order chi connectivity index (χ1) is 8.68. The summed E-state index contributed by atoms with van der Waals surface area (Å²) in [5.41, 5.74) is 7.84. The third-order valence-electron chi connectivity index (χ3n) is 2.76. The van der Waals surface area contributed by atoms with Gasteiger partial charge in [0.15, 0.2) is 0 Å². The summed E-state index contributed by atoms with van der Waals surface area (Å²) in [6.07, 6.45) is 4.00. The van der Waals surface area contributed by atoms with E-state index in [1.165, 1.54) is 0 Å². The van der Waals surface area contributed by atoms with Gasteiger partial charge in [-0.2, -0.15) is 5.10 Å². The molecule has 94 valence electrons. The number of carboxylic acids is 1. The molecule has 0 spiro atoms. The number of para-hydroxylation sites is 1. The third-order valence-corrected chi connectivity index (χ3v) is 2.76. The van der Waals surface area contributed by atoms with Gasteiger partial charge in [-0.1, -0.05) is 18.2 Å². The van der Waals surface area contributed by atoms with E-state index in [-0.39, 0.29) is 12.5 Å². The monoisotopic (exact) mass is 245 g/mol. The van der Waals surface area contributed by atoms with Gasteiger partial charge in [-0.05, 0) is 24.1 Å². The van der Waals surface area contributed by atoms with Gasteiger partial charge in [-0.25, -0.2) is 4.68 Å². The summed E-state index contributed by atoms with van der Waals surface area (Å²) in [6.45, 7) is 0. The standard InChI is InChI=1S/C13H15N3O2/c14-11(6-7-13(17)18)10-4-1-2-5-12(10)16-9-3-8-15-16/h1-5,8-9,11H,6-7,14H2,(H,17,18). The van der Waals surface area contributed by atoms with E-state index in [2.05, 4.69) is 5.10 Å². The Kier molecular flexibility index (Phi) is 3.74. The first-order valence-electron chi connectivity index (χ1n) is 5.75. The SMILES string of the molecule is NC(CCC(=O)O)c1ccccc1-n1cccn1. The van der Waals surface area contributed by atoms with Crippen molar-refractivity contribution in [1.82, 2.24) is 9.78 Å². The Bertz CT molecular complexity index is 523. The van der Waals surface area contributed by atoms with Crippen LogP contribution in [0.2, 0.25) is 0 Å². The topological polar surface area (TPSA) is 81.1 Å². The molecular weight excluding hydrogens is 230 g/mol. The maximum absolute atomic E-state index is 10.6. The van der Waals surface area contributed by atoms with Crippen molar-refractivity contribution in [3.05, 3.63) is 48.3 Å². The molecule has 0 aliphatic rings. The molecule has 0 aliphatic heterocycles. The van der Waals surface area contributed by atoms with Crippen LogP contribution in [0, 0.1) is 0 Å². The first-order valence-corrected chi connectivity index (χ1v) is 5.75. The van der Waals surface area contributed by atoms with Gasteiger partial charge in [0.2, 0.25) is 0 Å². The van der Waals surface area contributed by atoms with Crippen molar-refractivity contribution in [1.29, 1.82) is 0 Å². The molecule has 1 aromatic carbocycles. The van der Waals surface area contributed by atoms with Crippen molar-refractivity contribution in [3.8, 4) is 5.69 Å². The second-order valence-electron chi connectivity index (χ2n) is 4.05. The fourth-order valence-electron chi connectivity index (χ4n) is 1.86. The van der Waals surface area contributed by atoms with Crippen molar-refractivity contribution < 1.29 is 9.90 Å². The molecule has 1 aromatic heterocycles. The largest absolute Gasteiger partial charge is 0.481 e. The molecule has 0 saturated heterocycles. The quantitative estimate of drug-likeness (QED) is 0.840. The van der Waals surface area contributed by atoms with Crippen LogP contribution >= 0.6 is 0 Å². The van der Waals surface area contributed by atoms with Crippen LogP contribution < -0.4 is 5.73 Å². The fourth-order valence-corrected chi connectivity index (χ4v) is 1.86. The molecule has 2 aromatic rings. The summed E-state index contributed by atoms with van der Waals surface area (Å²) in [5.74, 6) is -0.831. The van der Waals surface area contributed by atoms with Gasteiger partial charge in [0, 0.05) is 24.9 Å². The summed E-state index contributed by atoms with van der Waals surface area (Å²) < 4.78 is 1.73. The summed E-state index contributed by atoms with van der Waals surface area (Å²) in [6, 6.07) is 9.15. The molecule has 5 heteroatoms. The molecule has 1 heterocycles. The van der Waals surface area contributed by atoms with Gasteiger partial charge in [0.1, 0.15) is 0 Å². The second kappa shape index (κ2) is 5.46. The number of benzene rings is 1. The summed E-state index contributed by atoms with van der Waals surface area (Å²) in [4.78, 5) is 10.6. The predicted octanol–water partition coefficient (Wildman–Crippen LogP) is 1.74. The van der Waals surface area contributed by atoms with Crippen molar-refractivity contribution >= 4 is 5.97 Å². The Morgan fingerprint density at radius 2 is 2.17 bits per heavy atom. The molecule has 0 fully saturated rings. The second-order valence-corrected chi connectivity index (χ2v) is 4.05. The molecule has 18 heavy (non-hydrogen) atoms. The zero-order valence-electron chi connectivity index (χ0n) is 9.86. The van der Waals surface area contributed by atoms with E-state index < -0.39 is 5.97 Å². The Morgan fingerprint density at radius 3 is 2.83 bits per heavy atom. The molecule has 5 nitrogen and oxygen atoms in total. The molecule has 0 radical (unpaired) electrons. The highest BCUT2D eigenvalue weighted by Gasteiger charge is 2.13. The highest BCUT2D eigenvalue weighted by molar-refractivity contribution is 5.66. The van der Waals surface area contributed by atoms with Crippen LogP contribution in [0.4, 0.5) is 0 Å². The van der Waals surface area contributed by atoms with E-state index in [1.807, 2.05) is 36.5 Å². The van der Waals surface area contributed by atoms with Crippen molar-refractivity contribution in [2.24, 2.45) is 5.73 Å². The van der Waals surface area contributed by atoms with E-state index in [1.54, 1.807) is 10.9 Å². The highest BCUT2D eigenvalue weighted by atomic mass is 16.4. The number of nitrogens with zero attached hydrogens (tertiary/aromatic N) is 2. The van der Waals surface area contributed by atoms with Crippen molar-refractivity contribution in [3.63, 3.8) is 0 Å². The van der Waals surface area contributed by atoms with Gasteiger partial charge in [-0.15, -0.1) is 0 Å². The molecule has 0 saturated carbocycles. The Hall–Kier alpha value is -2.14. The lowest BCUT2D eigenvalue weighted by molar-refractivity contribution is -0.137. The zero-order valence-corrected chi connectivity index (χ0v) is 9.86. The van der Waals surface area contributed by atoms with Gasteiger partial charge in [-0.3, -0.25) is 4.79 Å². The van der Waals surface area contributed by atoms with Gasteiger partial charge in [0.05, 0.1) is 5.69 Å². The van der Waals surface area contributed by atoms with Crippen molar-refractivity contribution in [2.75, 3.05) is 0 Å². The van der Waals surface area contributed by atoms with Crippen LogP contribution in [0.15, 0.2) is 42.7 Å². The van der Waals surface area contributed by atoms with Crippen molar-refractivity contribution in [2.45, 2.75) is 18.9 Å². The fraction of sp³-hybridized carbons (Fsp3) is 0.231. The minimum atomic E-state index is -0.831. The number of aliphatic carboxylic acids is 1. The summed E-state index contributed by atoms with van der Waals surface area (Å²) >= 11 is 0. The Labute approximate surface area is 105 Å². The van der Waals surface area contributed by atoms with E-state index in [0.29, 0.717) is 6.42 Å². The number of nitrogens with two attached hydrogens (primary N) is 1. The lowest BCUT2D eigenvalue weighted by Crippen LogP contribution is -2.15. The maximum Gasteiger partial charge on any atom is 0.303 e. The average molecular weight is 245 g/mol. The number of hydrogen-bond acceptors (Lipinski definition) is 3. The number of carbonyl (C=O) groups is 1. The molecule has 0 amide bonds. The average Bonchev–Trinajstić information content (AvgIpc) is 2.89. The van der Waals surface area contributed by atoms with Crippen LogP contribution in [0.5, 0.6) is 0 Å². The molecule has 0 aliphatic carbocycles. The minimum Gasteiger partial charge on any atom is -0.481 e. The third kappa shape index (κ3) is 2.75. The minimum absolute atomic E-state index is 0.0641. The Balaban J connectivity index is 2.25. The van der Waals surface area contributed by atoms with Gasteiger partial charge >= 0.3 is 5.97 Å². The zero-order chi connectivity index (χ0) is 13.0. The van der Waals surface area contributed by atoms with E-state index in [9.17, 15) is 4.79 Å². The molecular formula is C13H15N3O2. The molecule has 1 unspecified atom stereocenters. The predicted molar refractivity (Wildman–Crippen MR) is 67.4 cm³/mol. The van der Waals surface area contributed by atoms with Crippen LogP contribution in [0.1, 0.15) is 24.4 Å². The van der Waals surface area contributed by atoms with Crippen LogP contribution in [0.3, 0.4) is 0 Å². The lowest BCUT2D eigenvalue weighted by Gasteiger charge is -2.15. The normalized spacial score (nSPS) is 12.3. The smallest absolute Gasteiger partial charge is 0.303 e. The summed E-state index contributed by atoms with van der Waals surface area (Å²) in [7, 11) is 0. The molecule has 3 N–H and O–H groups in total. The number of rotatable bonds is 5. The first kappa shape index (κ1) is 12.3. The van der Waals surface area contributed by atoms with E-state index in [4.69, 9.17) is 10.8 Å². The van der Waals surface area contributed by atoms with Gasteiger partial charge < -0.3 is 10.8 Å². The molecule has 0 bridgehead atoms. The highest BCUT2D eigenvalue weighted by Crippen LogP contribution is 2.22. The van der Waals surface area contributed by atoms with Crippen LogP contribution in [-0.2, 0) is 4.79 Å². The Morgan fingerprint density at radius 1 is 1.39 bits per heavy atom. The number of hydrogen-bond donors (Lipinski definition) is 2. The maximum atomic E-state index is 10.6. The van der Waals surface area contributed by atoms with Crippen LogP contribution in [-0.4, -0.2) is 20.9 Å².